The van der Waals surface area contributed by atoms with Crippen molar-refractivity contribution in [3.63, 3.8) is 0 Å². The van der Waals surface area contributed by atoms with Gasteiger partial charge < -0.3 is 0 Å². The van der Waals surface area contributed by atoms with Crippen LogP contribution in [0.5, 0.6) is 0 Å². The SMILES string of the molecule is O=S(=O)(c1cc(-c2ccc(Cl)cc2)n[nH]1)c1c(-c2ccc(Cl)cc2)nn(-c2ccccc2)c1-c1ccccc1. The number of rotatable bonds is 6. The van der Waals surface area contributed by atoms with E-state index in [1.54, 1.807) is 53.2 Å². The summed E-state index contributed by atoms with van der Waals surface area (Å²) in [4.78, 5) is 0.0613. The van der Waals surface area contributed by atoms with E-state index < -0.39 is 9.84 Å². The maximum atomic E-state index is 14.5. The molecule has 6 rings (SSSR count). The molecule has 0 bridgehead atoms. The van der Waals surface area contributed by atoms with E-state index >= 15 is 0 Å². The molecule has 6 aromatic rings. The van der Waals surface area contributed by atoms with Crippen molar-refractivity contribution in [3.05, 3.63) is 125 Å². The molecule has 0 amide bonds. The van der Waals surface area contributed by atoms with E-state index in [0.717, 1.165) is 11.3 Å². The van der Waals surface area contributed by atoms with Crippen LogP contribution < -0.4 is 0 Å². The lowest BCUT2D eigenvalue weighted by molar-refractivity contribution is 0.592. The molecule has 0 aliphatic heterocycles. The fourth-order valence-electron chi connectivity index (χ4n) is 4.38. The standard InChI is InChI=1S/C30H20Cl2N4O2S/c31-23-15-11-20(12-16-23)26-19-27(34-33-26)39(37,38)30-28(21-13-17-24(32)18-14-21)35-36(25-9-5-2-6-10-25)29(30)22-7-3-1-4-8-22/h1-19H,(H,33,34). The Hall–Kier alpha value is -4.17. The molecule has 4 aromatic carbocycles. The Bertz CT molecular complexity index is 1870. The number of H-pyrrole nitrogens is 1. The van der Waals surface area contributed by atoms with Gasteiger partial charge in [-0.25, -0.2) is 13.1 Å². The molecule has 1 N–H and O–H groups in total. The normalized spacial score (nSPS) is 11.5. The minimum absolute atomic E-state index is 0.0487. The molecule has 0 unspecified atom stereocenters. The highest BCUT2D eigenvalue weighted by Gasteiger charge is 2.33. The van der Waals surface area contributed by atoms with Crippen molar-refractivity contribution < 1.29 is 8.42 Å². The highest BCUT2D eigenvalue weighted by atomic mass is 35.5. The van der Waals surface area contributed by atoms with Crippen LogP contribution in [0.25, 0.3) is 39.5 Å². The molecule has 0 aliphatic carbocycles. The first kappa shape index (κ1) is 25.1. The van der Waals surface area contributed by atoms with Crippen molar-refractivity contribution in [2.45, 2.75) is 9.92 Å². The smallest absolute Gasteiger partial charge is 0.227 e. The fourth-order valence-corrected chi connectivity index (χ4v) is 6.16. The van der Waals surface area contributed by atoms with Gasteiger partial charge in [-0.05, 0) is 36.4 Å². The third-order valence-corrected chi connectivity index (χ3v) is 8.48. The molecule has 0 saturated heterocycles. The van der Waals surface area contributed by atoms with E-state index in [1.807, 2.05) is 60.7 Å². The molecule has 0 saturated carbocycles. The maximum absolute atomic E-state index is 14.5. The number of hydrogen-bond donors (Lipinski definition) is 1. The Morgan fingerprint density at radius 1 is 0.667 bits per heavy atom. The van der Waals surface area contributed by atoms with E-state index in [0.29, 0.717) is 38.3 Å². The summed E-state index contributed by atoms with van der Waals surface area (Å²) < 4.78 is 30.6. The summed E-state index contributed by atoms with van der Waals surface area (Å²) in [5.74, 6) is 0. The van der Waals surface area contributed by atoms with Crippen molar-refractivity contribution in [3.8, 4) is 39.5 Å². The number of nitrogens with zero attached hydrogens (tertiary/aromatic N) is 3. The molecule has 9 heteroatoms. The van der Waals surface area contributed by atoms with Gasteiger partial charge in [-0.15, -0.1) is 0 Å². The van der Waals surface area contributed by atoms with Gasteiger partial charge in [0.25, 0.3) is 0 Å². The first-order chi connectivity index (χ1) is 18.9. The van der Waals surface area contributed by atoms with Crippen LogP contribution in [0.4, 0.5) is 0 Å². The fraction of sp³-hybridized carbons (Fsp3) is 0. The Morgan fingerprint density at radius 2 is 1.23 bits per heavy atom. The average molecular weight is 571 g/mol. The highest BCUT2D eigenvalue weighted by Crippen LogP contribution is 2.40. The number of para-hydroxylation sites is 1. The third-order valence-electron chi connectivity index (χ3n) is 6.26. The molecule has 6 nitrogen and oxygen atoms in total. The van der Waals surface area contributed by atoms with Gasteiger partial charge in [0, 0.05) is 32.8 Å². The molecule has 2 aromatic heterocycles. The molecular weight excluding hydrogens is 551 g/mol. The van der Waals surface area contributed by atoms with Crippen LogP contribution in [0.3, 0.4) is 0 Å². The molecule has 0 fully saturated rings. The lowest BCUT2D eigenvalue weighted by atomic mass is 10.1. The number of nitrogens with one attached hydrogen (secondary N) is 1. The summed E-state index contributed by atoms with van der Waals surface area (Å²) in [5, 5.41) is 13.0. The van der Waals surface area contributed by atoms with E-state index in [-0.39, 0.29) is 9.92 Å². The largest absolute Gasteiger partial charge is 0.266 e. The van der Waals surface area contributed by atoms with Crippen molar-refractivity contribution in [1.29, 1.82) is 0 Å². The second-order valence-corrected chi connectivity index (χ2v) is 11.5. The Kier molecular flexibility index (Phi) is 6.56. The summed E-state index contributed by atoms with van der Waals surface area (Å²) >= 11 is 12.2. The number of aromatic nitrogens is 4. The number of hydrogen-bond acceptors (Lipinski definition) is 4. The quantitative estimate of drug-likeness (QED) is 0.222. The minimum atomic E-state index is -4.15. The predicted molar refractivity (Wildman–Crippen MR) is 154 cm³/mol. The van der Waals surface area contributed by atoms with Gasteiger partial charge in [-0.1, -0.05) is 96.0 Å². The molecule has 2 heterocycles. The van der Waals surface area contributed by atoms with Gasteiger partial charge in [0.2, 0.25) is 9.84 Å². The van der Waals surface area contributed by atoms with Gasteiger partial charge in [-0.2, -0.15) is 10.2 Å². The molecule has 0 spiro atoms. The van der Waals surface area contributed by atoms with Gasteiger partial charge in [0.05, 0.1) is 17.1 Å². The topological polar surface area (TPSA) is 80.6 Å². The van der Waals surface area contributed by atoms with Crippen molar-refractivity contribution >= 4 is 33.0 Å². The van der Waals surface area contributed by atoms with Crippen LogP contribution >= 0.6 is 23.2 Å². The van der Waals surface area contributed by atoms with Crippen molar-refractivity contribution in [1.82, 2.24) is 20.0 Å². The zero-order valence-corrected chi connectivity index (χ0v) is 22.6. The Labute approximate surface area is 235 Å². The minimum Gasteiger partial charge on any atom is -0.266 e. The molecule has 192 valence electrons. The van der Waals surface area contributed by atoms with Gasteiger partial charge in [0.1, 0.15) is 10.6 Å². The van der Waals surface area contributed by atoms with Crippen LogP contribution in [0.15, 0.2) is 125 Å². The monoisotopic (exact) mass is 570 g/mol. The van der Waals surface area contributed by atoms with Crippen LogP contribution in [-0.4, -0.2) is 28.4 Å². The molecule has 0 atom stereocenters. The number of halogens is 2. The zero-order chi connectivity index (χ0) is 27.0. The molecular formula is C30H20Cl2N4O2S. The highest BCUT2D eigenvalue weighted by molar-refractivity contribution is 7.91. The van der Waals surface area contributed by atoms with E-state index in [9.17, 15) is 8.42 Å². The summed E-state index contributed by atoms with van der Waals surface area (Å²) in [6.45, 7) is 0. The first-order valence-corrected chi connectivity index (χ1v) is 14.2. The Balaban J connectivity index is 1.63. The van der Waals surface area contributed by atoms with E-state index in [1.165, 1.54) is 6.07 Å². The zero-order valence-electron chi connectivity index (χ0n) is 20.3. The van der Waals surface area contributed by atoms with Crippen LogP contribution in [0, 0.1) is 0 Å². The van der Waals surface area contributed by atoms with Gasteiger partial charge in [-0.3, -0.25) is 5.10 Å². The number of aromatic amines is 1. The lowest BCUT2D eigenvalue weighted by Gasteiger charge is -2.10. The summed E-state index contributed by atoms with van der Waals surface area (Å²) in [6.07, 6.45) is 0. The first-order valence-electron chi connectivity index (χ1n) is 12.0. The Morgan fingerprint density at radius 3 is 1.85 bits per heavy atom. The van der Waals surface area contributed by atoms with Crippen LogP contribution in [0.2, 0.25) is 10.0 Å². The van der Waals surface area contributed by atoms with Gasteiger partial charge >= 0.3 is 0 Å². The second-order valence-electron chi connectivity index (χ2n) is 8.77. The molecule has 39 heavy (non-hydrogen) atoms. The number of sulfone groups is 1. The van der Waals surface area contributed by atoms with E-state index in [4.69, 9.17) is 28.3 Å². The van der Waals surface area contributed by atoms with Crippen molar-refractivity contribution in [2.24, 2.45) is 0 Å². The molecule has 0 radical (unpaired) electrons. The third kappa shape index (κ3) is 4.76. The van der Waals surface area contributed by atoms with Crippen LogP contribution in [0.1, 0.15) is 0 Å². The van der Waals surface area contributed by atoms with Gasteiger partial charge in [0.15, 0.2) is 5.03 Å². The molecule has 0 aliphatic rings. The van der Waals surface area contributed by atoms with E-state index in [2.05, 4.69) is 10.2 Å². The average Bonchev–Trinajstić information content (AvgIpc) is 3.62. The number of benzene rings is 4. The second kappa shape index (κ2) is 10.2. The van der Waals surface area contributed by atoms with Crippen molar-refractivity contribution in [2.75, 3.05) is 0 Å². The van der Waals surface area contributed by atoms with Crippen LogP contribution in [-0.2, 0) is 9.84 Å². The lowest BCUT2D eigenvalue weighted by Crippen LogP contribution is -2.06. The maximum Gasteiger partial charge on any atom is 0.227 e. The summed E-state index contributed by atoms with van der Waals surface area (Å²) in [6, 6.07) is 34.3. The summed E-state index contributed by atoms with van der Waals surface area (Å²) in [5.41, 5.74) is 3.99. The summed E-state index contributed by atoms with van der Waals surface area (Å²) in [7, 11) is -4.15. The predicted octanol–water partition coefficient (Wildman–Crippen LogP) is 7.74.